The fourth-order valence-electron chi connectivity index (χ4n) is 4.02. The standard InChI is InChI=1S/C25H31F2N5S2/c1-33-31-15-13-30(14-16-31)12-5-17-34-32(22-6-3-2-4-7-22)19-20-8-10-21(11-9-20)23-18-24(25(26)27)29-28-23/h2-4,6-11,25H,5,12-19H2,1H3. The lowest BCUT2D eigenvalue weighted by Gasteiger charge is -2.33. The van der Waals surface area contributed by atoms with Crippen LogP contribution < -0.4 is 4.31 Å². The van der Waals surface area contributed by atoms with Gasteiger partial charge in [-0.15, -0.1) is 0 Å². The van der Waals surface area contributed by atoms with Crippen molar-refractivity contribution in [2.75, 3.05) is 49.0 Å². The highest BCUT2D eigenvalue weighted by Crippen LogP contribution is 2.26. The minimum Gasteiger partial charge on any atom is -0.312 e. The number of hydrogen-bond donors (Lipinski definition) is 0. The first-order valence-electron chi connectivity index (χ1n) is 11.6. The maximum atomic E-state index is 12.8. The van der Waals surface area contributed by atoms with Crippen molar-refractivity contribution in [2.24, 2.45) is 10.2 Å². The highest BCUT2D eigenvalue weighted by atomic mass is 32.2. The maximum absolute atomic E-state index is 12.8. The highest BCUT2D eigenvalue weighted by molar-refractivity contribution is 8.00. The Morgan fingerprint density at radius 3 is 2.35 bits per heavy atom. The molecule has 2 aliphatic rings. The first-order valence-corrected chi connectivity index (χ1v) is 13.7. The normalized spacial score (nSPS) is 17.2. The van der Waals surface area contributed by atoms with Crippen molar-refractivity contribution in [3.05, 3.63) is 65.7 Å². The first kappa shape index (κ1) is 25.2. The van der Waals surface area contributed by atoms with Crippen LogP contribution in [0, 0.1) is 0 Å². The van der Waals surface area contributed by atoms with Gasteiger partial charge in [0.05, 0.1) is 12.3 Å². The number of piperazine rings is 1. The number of anilines is 1. The molecule has 9 heteroatoms. The molecule has 182 valence electrons. The van der Waals surface area contributed by atoms with Gasteiger partial charge in [-0.3, -0.25) is 0 Å². The average Bonchev–Trinajstić information content (AvgIpc) is 3.38. The van der Waals surface area contributed by atoms with E-state index in [0.717, 1.165) is 57.0 Å². The Labute approximate surface area is 209 Å². The van der Waals surface area contributed by atoms with E-state index in [-0.39, 0.29) is 12.1 Å². The van der Waals surface area contributed by atoms with Crippen molar-refractivity contribution in [1.82, 2.24) is 9.21 Å². The third-order valence-corrected chi connectivity index (χ3v) is 8.02. The molecule has 1 saturated heterocycles. The van der Waals surface area contributed by atoms with E-state index in [9.17, 15) is 8.78 Å². The zero-order valence-electron chi connectivity index (χ0n) is 19.4. The summed E-state index contributed by atoms with van der Waals surface area (Å²) in [4.78, 5) is 2.56. The molecule has 0 bridgehead atoms. The summed E-state index contributed by atoms with van der Waals surface area (Å²) in [6.45, 7) is 6.49. The number of hydrogen-bond acceptors (Lipinski definition) is 7. The van der Waals surface area contributed by atoms with E-state index in [1.807, 2.05) is 42.1 Å². The number of nitrogens with zero attached hydrogens (tertiary/aromatic N) is 5. The Hall–Kier alpha value is -1.94. The Balaban J connectivity index is 1.30. The van der Waals surface area contributed by atoms with Crippen LogP contribution in [0.1, 0.15) is 24.0 Å². The Morgan fingerprint density at radius 1 is 0.971 bits per heavy atom. The van der Waals surface area contributed by atoms with Crippen molar-refractivity contribution < 1.29 is 8.78 Å². The van der Waals surface area contributed by atoms with E-state index < -0.39 is 6.43 Å². The molecule has 2 aromatic carbocycles. The SMILES string of the molecule is CSN1CCN(CCCSN(Cc2ccc(C3=NN=C(C(F)F)C3)cc2)c2ccccc2)CC1. The molecule has 0 unspecified atom stereocenters. The van der Waals surface area contributed by atoms with Crippen molar-refractivity contribution in [3.63, 3.8) is 0 Å². The molecule has 4 rings (SSSR count). The van der Waals surface area contributed by atoms with Gasteiger partial charge in [-0.25, -0.2) is 13.1 Å². The summed E-state index contributed by atoms with van der Waals surface area (Å²) in [6.07, 6.45) is 0.878. The zero-order chi connectivity index (χ0) is 23.8. The van der Waals surface area contributed by atoms with Crippen LogP contribution in [0.2, 0.25) is 0 Å². The minimum absolute atomic E-state index is 0.120. The van der Waals surface area contributed by atoms with E-state index in [0.29, 0.717) is 5.71 Å². The molecule has 5 nitrogen and oxygen atoms in total. The lowest BCUT2D eigenvalue weighted by atomic mass is 10.0. The Morgan fingerprint density at radius 2 is 1.71 bits per heavy atom. The molecule has 0 aliphatic carbocycles. The fraction of sp³-hybridized carbons (Fsp3) is 0.440. The quantitative estimate of drug-likeness (QED) is 0.301. The molecular formula is C25H31F2N5S2. The van der Waals surface area contributed by atoms with Crippen molar-refractivity contribution in [2.45, 2.75) is 25.8 Å². The van der Waals surface area contributed by atoms with E-state index in [1.54, 1.807) is 0 Å². The van der Waals surface area contributed by atoms with E-state index in [4.69, 9.17) is 0 Å². The zero-order valence-corrected chi connectivity index (χ0v) is 21.1. The predicted octanol–water partition coefficient (Wildman–Crippen LogP) is 5.44. The number of halogens is 2. The van der Waals surface area contributed by atoms with E-state index in [2.05, 4.69) is 66.4 Å². The topological polar surface area (TPSA) is 34.4 Å². The largest absolute Gasteiger partial charge is 0.312 e. The summed E-state index contributed by atoms with van der Waals surface area (Å²) in [7, 11) is 0. The summed E-state index contributed by atoms with van der Waals surface area (Å²) >= 11 is 3.70. The predicted molar refractivity (Wildman–Crippen MR) is 142 cm³/mol. The van der Waals surface area contributed by atoms with Crippen molar-refractivity contribution in [3.8, 4) is 0 Å². The van der Waals surface area contributed by atoms with Gasteiger partial charge >= 0.3 is 0 Å². The number of rotatable bonds is 11. The third kappa shape index (κ3) is 7.04. The van der Waals surface area contributed by atoms with Gasteiger partial charge in [-0.1, -0.05) is 54.4 Å². The van der Waals surface area contributed by atoms with Gasteiger partial charge in [0.25, 0.3) is 6.43 Å². The summed E-state index contributed by atoms with van der Waals surface area (Å²) in [5, 5.41) is 7.57. The van der Waals surface area contributed by atoms with Crippen LogP contribution in [0.25, 0.3) is 0 Å². The van der Waals surface area contributed by atoms with Crippen LogP contribution in [0.5, 0.6) is 0 Å². The average molecular weight is 504 g/mol. The Kier molecular flexibility index (Phi) is 9.38. The number of para-hydroxylation sites is 1. The highest BCUT2D eigenvalue weighted by Gasteiger charge is 2.22. The molecule has 0 N–H and O–H groups in total. The van der Waals surface area contributed by atoms with Crippen molar-refractivity contribution in [1.29, 1.82) is 0 Å². The van der Waals surface area contributed by atoms with Gasteiger partial charge in [0, 0.05) is 44.0 Å². The second-order valence-electron chi connectivity index (χ2n) is 8.32. The van der Waals surface area contributed by atoms with Crippen LogP contribution in [0.15, 0.2) is 64.8 Å². The minimum atomic E-state index is -2.54. The smallest absolute Gasteiger partial charge is 0.278 e. The molecule has 2 heterocycles. The summed E-state index contributed by atoms with van der Waals surface area (Å²) in [6, 6.07) is 18.5. The number of alkyl halides is 2. The molecule has 0 atom stereocenters. The summed E-state index contributed by atoms with van der Waals surface area (Å²) in [5.41, 5.74) is 3.65. The molecule has 2 aliphatic heterocycles. The fourth-order valence-corrected chi connectivity index (χ4v) is 5.54. The first-order chi connectivity index (χ1) is 16.6. The lowest BCUT2D eigenvalue weighted by molar-refractivity contribution is 0.197. The molecule has 0 spiro atoms. The second kappa shape index (κ2) is 12.7. The van der Waals surface area contributed by atoms with Gasteiger partial charge < -0.3 is 9.21 Å². The van der Waals surface area contributed by atoms with Gasteiger partial charge in [0.1, 0.15) is 5.71 Å². The monoisotopic (exact) mass is 503 g/mol. The molecule has 0 radical (unpaired) electrons. The van der Waals surface area contributed by atoms with Crippen LogP contribution >= 0.6 is 23.9 Å². The van der Waals surface area contributed by atoms with Crippen LogP contribution in [-0.4, -0.2) is 71.8 Å². The molecule has 0 aromatic heterocycles. The van der Waals surface area contributed by atoms with Gasteiger partial charge in [-0.05, 0) is 54.4 Å². The van der Waals surface area contributed by atoms with Gasteiger partial charge in [-0.2, -0.15) is 10.2 Å². The molecule has 0 saturated carbocycles. The van der Waals surface area contributed by atoms with E-state index >= 15 is 0 Å². The summed E-state index contributed by atoms with van der Waals surface area (Å²) < 4.78 is 30.5. The molecular weight excluding hydrogens is 472 g/mol. The van der Waals surface area contributed by atoms with Gasteiger partial charge in [0.15, 0.2) is 0 Å². The molecule has 34 heavy (non-hydrogen) atoms. The lowest BCUT2D eigenvalue weighted by Crippen LogP contribution is -2.43. The van der Waals surface area contributed by atoms with Crippen molar-refractivity contribution >= 4 is 41.0 Å². The molecule has 2 aromatic rings. The molecule has 0 amide bonds. The van der Waals surface area contributed by atoms with E-state index in [1.165, 1.54) is 11.3 Å². The number of benzene rings is 2. The van der Waals surface area contributed by atoms with Crippen LogP contribution in [-0.2, 0) is 6.54 Å². The Bertz CT molecular complexity index is 961. The second-order valence-corrected chi connectivity index (χ2v) is 10.3. The third-order valence-electron chi connectivity index (χ3n) is 6.01. The maximum Gasteiger partial charge on any atom is 0.278 e. The molecule has 1 fully saturated rings. The van der Waals surface area contributed by atoms with Crippen LogP contribution in [0.4, 0.5) is 14.5 Å². The van der Waals surface area contributed by atoms with Crippen LogP contribution in [0.3, 0.4) is 0 Å². The van der Waals surface area contributed by atoms with Gasteiger partial charge in [0.2, 0.25) is 0 Å². The summed E-state index contributed by atoms with van der Waals surface area (Å²) in [5.74, 6) is 1.06.